The first kappa shape index (κ1) is 13.9. The summed E-state index contributed by atoms with van der Waals surface area (Å²) in [6, 6.07) is 14.1. The zero-order chi connectivity index (χ0) is 13.0. The maximum Gasteiger partial charge on any atom is 0.0446 e. The molecule has 2 rings (SSSR count). The van der Waals surface area contributed by atoms with Crippen molar-refractivity contribution in [1.82, 2.24) is 0 Å². The fourth-order valence-corrected chi connectivity index (χ4v) is 3.36. The average Bonchev–Trinajstić information content (AvgIpc) is 2.39. The molecule has 0 saturated heterocycles. The van der Waals surface area contributed by atoms with Gasteiger partial charge in [0.05, 0.1) is 0 Å². The van der Waals surface area contributed by atoms with Crippen molar-refractivity contribution in [1.29, 1.82) is 0 Å². The van der Waals surface area contributed by atoms with Crippen LogP contribution in [0.25, 0.3) is 0 Å². The molecule has 0 spiro atoms. The molecule has 2 aromatic rings. The van der Waals surface area contributed by atoms with Crippen LogP contribution >= 0.6 is 39.3 Å². The van der Waals surface area contributed by atoms with Gasteiger partial charge in [0, 0.05) is 26.7 Å². The standard InChI is InChI=1S/C14H13BrClNS/c15-12-5-6-14(11(7-12)8-17)18-9-10-3-1-2-4-13(10)16/h1-7H,8-9,17H2. The summed E-state index contributed by atoms with van der Waals surface area (Å²) in [5.74, 6) is 0.855. The van der Waals surface area contributed by atoms with Gasteiger partial charge in [-0.25, -0.2) is 0 Å². The number of hydrogen-bond acceptors (Lipinski definition) is 2. The zero-order valence-corrected chi connectivity index (χ0v) is 12.9. The van der Waals surface area contributed by atoms with Crippen molar-refractivity contribution in [3.8, 4) is 0 Å². The maximum absolute atomic E-state index is 6.14. The molecule has 0 bridgehead atoms. The minimum absolute atomic E-state index is 0.546. The lowest BCUT2D eigenvalue weighted by molar-refractivity contribution is 1.02. The molecule has 0 heterocycles. The second-order valence-corrected chi connectivity index (χ2v) is 6.18. The Labute approximate surface area is 125 Å². The van der Waals surface area contributed by atoms with Crippen LogP contribution in [-0.4, -0.2) is 0 Å². The first-order chi connectivity index (χ1) is 8.70. The molecule has 0 saturated carbocycles. The molecule has 0 aliphatic carbocycles. The molecule has 94 valence electrons. The third-order valence-electron chi connectivity index (χ3n) is 2.58. The number of nitrogens with two attached hydrogens (primary N) is 1. The molecular formula is C14H13BrClNS. The molecule has 0 atom stereocenters. The topological polar surface area (TPSA) is 26.0 Å². The summed E-state index contributed by atoms with van der Waals surface area (Å²) in [4.78, 5) is 1.21. The van der Waals surface area contributed by atoms with Crippen LogP contribution in [0.15, 0.2) is 51.8 Å². The summed E-state index contributed by atoms with van der Waals surface area (Å²) >= 11 is 11.4. The molecule has 4 heteroatoms. The van der Waals surface area contributed by atoms with Gasteiger partial charge in [-0.15, -0.1) is 11.8 Å². The van der Waals surface area contributed by atoms with Gasteiger partial charge < -0.3 is 5.73 Å². The largest absolute Gasteiger partial charge is 0.326 e. The number of rotatable bonds is 4. The lowest BCUT2D eigenvalue weighted by Crippen LogP contribution is -1.98. The number of thioether (sulfide) groups is 1. The van der Waals surface area contributed by atoms with Crippen LogP contribution in [0.4, 0.5) is 0 Å². The Bertz CT molecular complexity index is 545. The minimum Gasteiger partial charge on any atom is -0.326 e. The molecule has 2 N–H and O–H groups in total. The normalized spacial score (nSPS) is 10.6. The first-order valence-corrected chi connectivity index (χ1v) is 7.71. The second-order valence-electron chi connectivity index (χ2n) is 3.84. The van der Waals surface area contributed by atoms with Crippen molar-refractivity contribution in [2.75, 3.05) is 0 Å². The highest BCUT2D eigenvalue weighted by Gasteiger charge is 2.05. The highest BCUT2D eigenvalue weighted by Crippen LogP contribution is 2.30. The lowest BCUT2D eigenvalue weighted by Gasteiger charge is -2.09. The van der Waals surface area contributed by atoms with E-state index in [1.807, 2.05) is 24.3 Å². The maximum atomic E-state index is 6.14. The average molecular weight is 343 g/mol. The third kappa shape index (κ3) is 3.51. The van der Waals surface area contributed by atoms with Crippen LogP contribution in [0.1, 0.15) is 11.1 Å². The van der Waals surface area contributed by atoms with Crippen LogP contribution in [0.5, 0.6) is 0 Å². The highest BCUT2D eigenvalue weighted by atomic mass is 79.9. The van der Waals surface area contributed by atoms with E-state index in [0.29, 0.717) is 6.54 Å². The summed E-state index contributed by atoms with van der Waals surface area (Å²) in [5, 5.41) is 0.816. The van der Waals surface area contributed by atoms with Gasteiger partial charge in [-0.2, -0.15) is 0 Å². The number of benzene rings is 2. The molecule has 0 aliphatic rings. The molecule has 0 radical (unpaired) electrons. The van der Waals surface area contributed by atoms with Crippen molar-refractivity contribution in [2.45, 2.75) is 17.2 Å². The van der Waals surface area contributed by atoms with Gasteiger partial charge in [0.1, 0.15) is 0 Å². The summed E-state index contributed by atoms with van der Waals surface area (Å²) in [7, 11) is 0. The number of halogens is 2. The van der Waals surface area contributed by atoms with E-state index in [4.69, 9.17) is 17.3 Å². The van der Waals surface area contributed by atoms with Crippen LogP contribution in [-0.2, 0) is 12.3 Å². The fraction of sp³-hybridized carbons (Fsp3) is 0.143. The quantitative estimate of drug-likeness (QED) is 0.803. The van der Waals surface area contributed by atoms with Crippen molar-refractivity contribution >= 4 is 39.3 Å². The summed E-state index contributed by atoms with van der Waals surface area (Å²) in [5.41, 5.74) is 8.06. The van der Waals surface area contributed by atoms with Crippen molar-refractivity contribution in [3.63, 3.8) is 0 Å². The molecule has 0 fully saturated rings. The summed E-state index contributed by atoms with van der Waals surface area (Å²) < 4.78 is 1.06. The Morgan fingerprint density at radius 3 is 2.61 bits per heavy atom. The van der Waals surface area contributed by atoms with Crippen molar-refractivity contribution in [3.05, 3.63) is 63.1 Å². The fourth-order valence-electron chi connectivity index (χ4n) is 1.62. The molecular weight excluding hydrogens is 330 g/mol. The minimum atomic E-state index is 0.546. The van der Waals surface area contributed by atoms with E-state index < -0.39 is 0 Å². The van der Waals surface area contributed by atoms with Crippen LogP contribution < -0.4 is 5.73 Å². The smallest absolute Gasteiger partial charge is 0.0446 e. The molecule has 0 aromatic heterocycles. The van der Waals surface area contributed by atoms with E-state index in [1.165, 1.54) is 4.90 Å². The Balaban J connectivity index is 2.13. The second kappa shape index (κ2) is 6.62. The van der Waals surface area contributed by atoms with E-state index in [1.54, 1.807) is 11.8 Å². The first-order valence-electron chi connectivity index (χ1n) is 5.55. The number of hydrogen-bond donors (Lipinski definition) is 1. The van der Waals surface area contributed by atoms with Crippen LogP contribution in [0.2, 0.25) is 5.02 Å². The van der Waals surface area contributed by atoms with E-state index in [9.17, 15) is 0 Å². The van der Waals surface area contributed by atoms with Crippen LogP contribution in [0.3, 0.4) is 0 Å². The Kier molecular flexibility index (Phi) is 5.13. The van der Waals surface area contributed by atoms with Gasteiger partial charge in [0.2, 0.25) is 0 Å². The zero-order valence-electron chi connectivity index (χ0n) is 9.70. The Hall–Kier alpha value is -0.480. The molecule has 0 amide bonds. The predicted octanol–water partition coefficient (Wildman–Crippen LogP) is 4.85. The Morgan fingerprint density at radius 1 is 1.11 bits per heavy atom. The Morgan fingerprint density at radius 2 is 1.89 bits per heavy atom. The van der Waals surface area contributed by atoms with Gasteiger partial charge >= 0.3 is 0 Å². The lowest BCUT2D eigenvalue weighted by atomic mass is 10.2. The van der Waals surface area contributed by atoms with Gasteiger partial charge in [0.25, 0.3) is 0 Å². The van der Waals surface area contributed by atoms with Gasteiger partial charge in [0.15, 0.2) is 0 Å². The predicted molar refractivity (Wildman–Crippen MR) is 83.0 cm³/mol. The van der Waals surface area contributed by atoms with Crippen LogP contribution in [0, 0.1) is 0 Å². The summed E-state index contributed by atoms with van der Waals surface area (Å²) in [6.07, 6.45) is 0. The van der Waals surface area contributed by atoms with Gasteiger partial charge in [-0.3, -0.25) is 0 Å². The van der Waals surface area contributed by atoms with Crippen molar-refractivity contribution < 1.29 is 0 Å². The monoisotopic (exact) mass is 341 g/mol. The van der Waals surface area contributed by atoms with Crippen molar-refractivity contribution in [2.24, 2.45) is 5.73 Å². The molecule has 18 heavy (non-hydrogen) atoms. The summed E-state index contributed by atoms with van der Waals surface area (Å²) in [6.45, 7) is 0.546. The van der Waals surface area contributed by atoms with Gasteiger partial charge in [-0.05, 0) is 35.4 Å². The molecule has 0 aliphatic heterocycles. The van der Waals surface area contributed by atoms with E-state index >= 15 is 0 Å². The third-order valence-corrected chi connectivity index (χ3v) is 4.61. The molecule has 2 aromatic carbocycles. The SMILES string of the molecule is NCc1cc(Br)ccc1SCc1ccccc1Cl. The van der Waals surface area contributed by atoms with E-state index in [0.717, 1.165) is 26.4 Å². The van der Waals surface area contributed by atoms with Gasteiger partial charge in [-0.1, -0.05) is 45.7 Å². The molecule has 1 nitrogen and oxygen atoms in total. The van der Waals surface area contributed by atoms with E-state index in [2.05, 4.69) is 34.1 Å². The van der Waals surface area contributed by atoms with E-state index in [-0.39, 0.29) is 0 Å². The highest BCUT2D eigenvalue weighted by molar-refractivity contribution is 9.10. The molecule has 0 unspecified atom stereocenters.